The Balaban J connectivity index is 1.88. The van der Waals surface area contributed by atoms with E-state index in [1.165, 1.54) is 12.1 Å². The summed E-state index contributed by atoms with van der Waals surface area (Å²) in [5, 5.41) is 6.21. The average molecular weight is 262 g/mol. The van der Waals surface area contributed by atoms with Crippen molar-refractivity contribution in [2.24, 2.45) is 11.3 Å². The van der Waals surface area contributed by atoms with Gasteiger partial charge in [-0.25, -0.2) is 4.39 Å². The van der Waals surface area contributed by atoms with E-state index in [1.54, 1.807) is 6.07 Å². The Labute approximate surface area is 112 Å². The predicted octanol–water partition coefficient (Wildman–Crippen LogP) is 3.39. The van der Waals surface area contributed by atoms with Crippen molar-refractivity contribution in [3.05, 3.63) is 24.0 Å². The van der Waals surface area contributed by atoms with Crippen molar-refractivity contribution in [1.29, 1.82) is 0 Å². The van der Waals surface area contributed by atoms with Gasteiger partial charge in [0.2, 0.25) is 5.91 Å². The highest BCUT2D eigenvalue weighted by Gasteiger charge is 2.42. The fraction of sp³-hybridized carbons (Fsp3) is 0.533. The lowest BCUT2D eigenvalue weighted by atomic mass is 9.70. The highest BCUT2D eigenvalue weighted by molar-refractivity contribution is 5.99. The molecule has 2 N–H and O–H groups in total. The lowest BCUT2D eigenvalue weighted by molar-refractivity contribution is -0.126. The van der Waals surface area contributed by atoms with Crippen LogP contribution in [0.2, 0.25) is 0 Å². The molecule has 3 nitrogen and oxygen atoms in total. The Hall–Kier alpha value is -1.58. The van der Waals surface area contributed by atoms with Gasteiger partial charge >= 0.3 is 0 Å². The van der Waals surface area contributed by atoms with Crippen molar-refractivity contribution >= 4 is 17.3 Å². The number of hydrogen-bond acceptors (Lipinski definition) is 2. The summed E-state index contributed by atoms with van der Waals surface area (Å²) in [7, 11) is 0. The van der Waals surface area contributed by atoms with Crippen molar-refractivity contribution in [3.8, 4) is 0 Å². The van der Waals surface area contributed by atoms with E-state index in [-0.39, 0.29) is 17.1 Å². The summed E-state index contributed by atoms with van der Waals surface area (Å²) in [6.45, 7) is 2.88. The zero-order chi connectivity index (χ0) is 13.5. The molecule has 102 valence electrons. The third-order valence-electron chi connectivity index (χ3n) is 4.56. The Morgan fingerprint density at radius 1 is 1.26 bits per heavy atom. The number of anilines is 2. The molecule has 1 heterocycles. The third-order valence-corrected chi connectivity index (χ3v) is 4.56. The van der Waals surface area contributed by atoms with Gasteiger partial charge in [0, 0.05) is 6.54 Å². The van der Waals surface area contributed by atoms with Gasteiger partial charge in [-0.15, -0.1) is 0 Å². The van der Waals surface area contributed by atoms with E-state index >= 15 is 0 Å². The Kier molecular flexibility index (Phi) is 2.96. The fourth-order valence-corrected chi connectivity index (χ4v) is 3.09. The van der Waals surface area contributed by atoms with Crippen LogP contribution in [0.5, 0.6) is 0 Å². The molecule has 1 aromatic rings. The molecule has 2 aliphatic rings. The van der Waals surface area contributed by atoms with Crippen LogP contribution in [0.4, 0.5) is 15.8 Å². The number of carbonyl (C=O) groups excluding carboxylic acids is 1. The molecule has 0 radical (unpaired) electrons. The second-order valence-electron chi connectivity index (χ2n) is 5.96. The van der Waals surface area contributed by atoms with E-state index in [0.29, 0.717) is 18.2 Å². The van der Waals surface area contributed by atoms with Crippen molar-refractivity contribution in [2.75, 3.05) is 17.2 Å². The van der Waals surface area contributed by atoms with Crippen LogP contribution in [-0.4, -0.2) is 12.5 Å². The predicted molar refractivity (Wildman–Crippen MR) is 73.6 cm³/mol. The second kappa shape index (κ2) is 4.51. The van der Waals surface area contributed by atoms with Gasteiger partial charge in [0.15, 0.2) is 0 Å². The Bertz CT molecular complexity index is 507. The minimum Gasteiger partial charge on any atom is -0.382 e. The monoisotopic (exact) mass is 262 g/mol. The van der Waals surface area contributed by atoms with Gasteiger partial charge in [-0.3, -0.25) is 4.79 Å². The van der Waals surface area contributed by atoms with Crippen LogP contribution in [-0.2, 0) is 4.79 Å². The summed E-state index contributed by atoms with van der Waals surface area (Å²) in [4.78, 5) is 12.5. The molecule has 0 saturated heterocycles. The van der Waals surface area contributed by atoms with Crippen molar-refractivity contribution in [3.63, 3.8) is 0 Å². The standard InChI is InChI=1S/C15H19FN2O/c1-10-4-6-15(7-5-10)9-17-12-3-2-11(16)8-13(12)18-14(15)19/h2-3,8,10,17H,4-7,9H2,1H3,(H,18,19). The fourth-order valence-electron chi connectivity index (χ4n) is 3.09. The number of fused-ring (bicyclic) bond motifs is 1. The molecule has 1 fully saturated rings. The van der Waals surface area contributed by atoms with Crippen molar-refractivity contribution in [2.45, 2.75) is 32.6 Å². The molecule has 1 aliphatic carbocycles. The van der Waals surface area contributed by atoms with Crippen LogP contribution >= 0.6 is 0 Å². The molecule has 1 saturated carbocycles. The topological polar surface area (TPSA) is 41.1 Å². The zero-order valence-corrected chi connectivity index (χ0v) is 11.1. The zero-order valence-electron chi connectivity index (χ0n) is 11.1. The number of hydrogen-bond donors (Lipinski definition) is 2. The van der Waals surface area contributed by atoms with Gasteiger partial charge < -0.3 is 10.6 Å². The molecule has 0 bridgehead atoms. The second-order valence-corrected chi connectivity index (χ2v) is 5.96. The molecule has 1 aromatic carbocycles. The maximum absolute atomic E-state index is 13.3. The minimum absolute atomic E-state index is 0.0382. The maximum Gasteiger partial charge on any atom is 0.232 e. The van der Waals surface area contributed by atoms with E-state index in [2.05, 4.69) is 17.6 Å². The maximum atomic E-state index is 13.3. The molecule has 19 heavy (non-hydrogen) atoms. The number of nitrogens with one attached hydrogen (secondary N) is 2. The van der Waals surface area contributed by atoms with E-state index in [1.807, 2.05) is 0 Å². The number of amides is 1. The molecule has 3 rings (SSSR count). The van der Waals surface area contributed by atoms with Crippen molar-refractivity contribution in [1.82, 2.24) is 0 Å². The quantitative estimate of drug-likeness (QED) is 0.752. The Morgan fingerprint density at radius 2 is 2.00 bits per heavy atom. The molecular formula is C15H19FN2O. The van der Waals surface area contributed by atoms with Gasteiger partial charge in [0.25, 0.3) is 0 Å². The van der Waals surface area contributed by atoms with Crippen LogP contribution in [0.3, 0.4) is 0 Å². The molecular weight excluding hydrogens is 243 g/mol. The van der Waals surface area contributed by atoms with E-state index in [9.17, 15) is 9.18 Å². The van der Waals surface area contributed by atoms with Gasteiger partial charge in [-0.2, -0.15) is 0 Å². The lowest BCUT2D eigenvalue weighted by Gasteiger charge is -2.36. The number of halogens is 1. The van der Waals surface area contributed by atoms with Gasteiger partial charge in [0.1, 0.15) is 5.82 Å². The summed E-state index contributed by atoms with van der Waals surface area (Å²) < 4.78 is 13.3. The first-order valence-electron chi connectivity index (χ1n) is 6.94. The van der Waals surface area contributed by atoms with Crippen LogP contribution in [0, 0.1) is 17.2 Å². The molecule has 1 amide bonds. The highest BCUT2D eigenvalue weighted by Crippen LogP contribution is 2.42. The summed E-state index contributed by atoms with van der Waals surface area (Å²) in [5.74, 6) is 0.409. The molecule has 1 spiro atoms. The normalized spacial score (nSPS) is 30.2. The van der Waals surface area contributed by atoms with E-state index < -0.39 is 0 Å². The van der Waals surface area contributed by atoms with Crippen LogP contribution in [0.1, 0.15) is 32.6 Å². The summed E-state index contributed by atoms with van der Waals surface area (Å²) in [6, 6.07) is 4.49. The number of benzene rings is 1. The van der Waals surface area contributed by atoms with E-state index in [4.69, 9.17) is 0 Å². The minimum atomic E-state index is -0.331. The van der Waals surface area contributed by atoms with Crippen molar-refractivity contribution < 1.29 is 9.18 Å². The largest absolute Gasteiger partial charge is 0.382 e. The number of carbonyl (C=O) groups is 1. The molecule has 1 aliphatic heterocycles. The average Bonchev–Trinajstić information content (AvgIpc) is 2.51. The first-order chi connectivity index (χ1) is 9.09. The molecule has 4 heteroatoms. The smallest absolute Gasteiger partial charge is 0.232 e. The highest BCUT2D eigenvalue weighted by atomic mass is 19.1. The van der Waals surface area contributed by atoms with E-state index in [0.717, 1.165) is 31.4 Å². The molecule has 0 aromatic heterocycles. The van der Waals surface area contributed by atoms with Crippen LogP contribution in [0.25, 0.3) is 0 Å². The van der Waals surface area contributed by atoms with Gasteiger partial charge in [0.05, 0.1) is 16.8 Å². The van der Waals surface area contributed by atoms with Gasteiger partial charge in [-0.05, 0) is 49.8 Å². The van der Waals surface area contributed by atoms with Crippen LogP contribution in [0.15, 0.2) is 18.2 Å². The lowest BCUT2D eigenvalue weighted by Crippen LogP contribution is -2.42. The van der Waals surface area contributed by atoms with Gasteiger partial charge in [-0.1, -0.05) is 6.92 Å². The summed E-state index contributed by atoms with van der Waals surface area (Å²) in [6.07, 6.45) is 3.98. The van der Waals surface area contributed by atoms with Crippen LogP contribution < -0.4 is 10.6 Å². The Morgan fingerprint density at radius 3 is 2.74 bits per heavy atom. The molecule has 0 unspecified atom stereocenters. The first kappa shape index (κ1) is 12.5. The first-order valence-corrected chi connectivity index (χ1v) is 6.94. The SMILES string of the molecule is CC1CCC2(CC1)CNc1ccc(F)cc1NC2=O. The summed E-state index contributed by atoms with van der Waals surface area (Å²) in [5.41, 5.74) is 1.04. The molecule has 0 atom stereocenters. The summed E-state index contributed by atoms with van der Waals surface area (Å²) >= 11 is 0. The number of rotatable bonds is 0. The third kappa shape index (κ3) is 2.20.